The van der Waals surface area contributed by atoms with E-state index < -0.39 is 0 Å². The zero-order valence-corrected chi connectivity index (χ0v) is 17.1. The van der Waals surface area contributed by atoms with Crippen molar-refractivity contribution in [1.29, 1.82) is 0 Å². The number of ether oxygens (including phenoxy) is 1. The summed E-state index contributed by atoms with van der Waals surface area (Å²) < 4.78 is 5.55. The minimum atomic E-state index is 0.801. The number of piperidine rings is 1. The molecule has 2 aliphatic rings. The van der Waals surface area contributed by atoms with Gasteiger partial charge < -0.3 is 9.64 Å². The van der Waals surface area contributed by atoms with Crippen LogP contribution in [0.25, 0.3) is 0 Å². The van der Waals surface area contributed by atoms with E-state index in [0.717, 1.165) is 44.4 Å². The number of para-hydroxylation sites is 2. The standard InChI is InChI=1S/C24H33N3O/c1-28-24-12-6-5-11-23(24)27-16-14-25(15-17-27)19-22-10-7-13-26(20-22)18-21-8-3-2-4-9-21/h2-6,8-9,11-12,22H,7,10,13-20H2,1H3. The lowest BCUT2D eigenvalue weighted by molar-refractivity contribution is 0.125. The minimum absolute atomic E-state index is 0.801. The SMILES string of the molecule is COc1ccccc1N1CCN(CC2CCCN(Cc3ccccc3)C2)CC1. The normalized spacial score (nSPS) is 21.6. The molecule has 0 bridgehead atoms. The Morgan fingerprint density at radius 3 is 2.39 bits per heavy atom. The maximum atomic E-state index is 5.55. The third kappa shape index (κ3) is 4.86. The molecule has 2 fully saturated rings. The Morgan fingerprint density at radius 1 is 0.857 bits per heavy atom. The Hall–Kier alpha value is -2.04. The predicted octanol–water partition coefficient (Wildman–Crippen LogP) is 3.73. The average Bonchev–Trinajstić information content (AvgIpc) is 2.75. The van der Waals surface area contributed by atoms with Crippen LogP contribution in [0, 0.1) is 5.92 Å². The molecular formula is C24H33N3O. The molecule has 0 N–H and O–H groups in total. The number of hydrogen-bond acceptors (Lipinski definition) is 4. The molecule has 4 nitrogen and oxygen atoms in total. The predicted molar refractivity (Wildman–Crippen MR) is 116 cm³/mol. The van der Waals surface area contributed by atoms with Gasteiger partial charge in [0, 0.05) is 45.8 Å². The Labute approximate surface area is 169 Å². The number of rotatable bonds is 6. The van der Waals surface area contributed by atoms with Crippen molar-refractivity contribution in [2.24, 2.45) is 5.92 Å². The summed E-state index contributed by atoms with van der Waals surface area (Å²) in [6.07, 6.45) is 2.71. The highest BCUT2D eigenvalue weighted by Gasteiger charge is 2.25. The van der Waals surface area contributed by atoms with Crippen molar-refractivity contribution in [2.45, 2.75) is 19.4 Å². The van der Waals surface area contributed by atoms with E-state index in [2.05, 4.69) is 63.2 Å². The summed E-state index contributed by atoms with van der Waals surface area (Å²) in [5, 5.41) is 0. The molecule has 2 heterocycles. The van der Waals surface area contributed by atoms with Gasteiger partial charge in [-0.05, 0) is 43.0 Å². The monoisotopic (exact) mass is 379 g/mol. The summed E-state index contributed by atoms with van der Waals surface area (Å²) in [7, 11) is 1.76. The Morgan fingerprint density at radius 2 is 1.61 bits per heavy atom. The summed E-state index contributed by atoms with van der Waals surface area (Å²) in [6.45, 7) is 9.28. The number of nitrogens with zero attached hydrogens (tertiary/aromatic N) is 3. The first-order chi connectivity index (χ1) is 13.8. The molecular weight excluding hydrogens is 346 g/mol. The molecule has 1 unspecified atom stereocenters. The van der Waals surface area contributed by atoms with Gasteiger partial charge in [-0.25, -0.2) is 0 Å². The maximum Gasteiger partial charge on any atom is 0.142 e. The molecule has 28 heavy (non-hydrogen) atoms. The second-order valence-corrected chi connectivity index (χ2v) is 8.19. The van der Waals surface area contributed by atoms with Crippen molar-refractivity contribution >= 4 is 5.69 Å². The van der Waals surface area contributed by atoms with Crippen LogP contribution in [0.15, 0.2) is 54.6 Å². The van der Waals surface area contributed by atoms with Crippen LogP contribution in [0.1, 0.15) is 18.4 Å². The second-order valence-electron chi connectivity index (χ2n) is 8.19. The minimum Gasteiger partial charge on any atom is -0.495 e. The van der Waals surface area contributed by atoms with Gasteiger partial charge in [-0.3, -0.25) is 9.80 Å². The molecule has 0 radical (unpaired) electrons. The Balaban J connectivity index is 1.26. The van der Waals surface area contributed by atoms with Gasteiger partial charge in [-0.2, -0.15) is 0 Å². The summed E-state index contributed by atoms with van der Waals surface area (Å²) in [5.41, 5.74) is 2.67. The fraction of sp³-hybridized carbons (Fsp3) is 0.500. The highest BCUT2D eigenvalue weighted by molar-refractivity contribution is 5.58. The van der Waals surface area contributed by atoms with E-state index in [9.17, 15) is 0 Å². The van der Waals surface area contributed by atoms with Gasteiger partial charge in [0.05, 0.1) is 12.8 Å². The fourth-order valence-corrected chi connectivity index (χ4v) is 4.71. The Bertz CT molecular complexity index is 728. The van der Waals surface area contributed by atoms with Crippen molar-refractivity contribution in [3.63, 3.8) is 0 Å². The van der Waals surface area contributed by atoms with E-state index in [4.69, 9.17) is 4.74 Å². The van der Waals surface area contributed by atoms with Gasteiger partial charge in [0.25, 0.3) is 0 Å². The lowest BCUT2D eigenvalue weighted by Gasteiger charge is -2.40. The number of likely N-dealkylation sites (tertiary alicyclic amines) is 1. The smallest absolute Gasteiger partial charge is 0.142 e. The zero-order valence-electron chi connectivity index (χ0n) is 17.1. The summed E-state index contributed by atoms with van der Waals surface area (Å²) >= 11 is 0. The topological polar surface area (TPSA) is 19.0 Å². The third-order valence-corrected chi connectivity index (χ3v) is 6.17. The van der Waals surface area contributed by atoms with E-state index in [1.807, 2.05) is 6.07 Å². The van der Waals surface area contributed by atoms with Crippen molar-refractivity contribution in [3.8, 4) is 5.75 Å². The molecule has 4 rings (SSSR count). The molecule has 2 saturated heterocycles. The van der Waals surface area contributed by atoms with Crippen LogP contribution >= 0.6 is 0 Å². The van der Waals surface area contributed by atoms with Gasteiger partial charge in [-0.15, -0.1) is 0 Å². The zero-order chi connectivity index (χ0) is 19.2. The van der Waals surface area contributed by atoms with E-state index in [1.54, 1.807) is 7.11 Å². The second kappa shape index (κ2) is 9.44. The van der Waals surface area contributed by atoms with Crippen LogP contribution in [0.5, 0.6) is 5.75 Å². The van der Waals surface area contributed by atoms with E-state index in [0.29, 0.717) is 0 Å². The lowest BCUT2D eigenvalue weighted by atomic mass is 9.96. The van der Waals surface area contributed by atoms with Crippen LogP contribution in [-0.2, 0) is 6.54 Å². The molecule has 0 aliphatic carbocycles. The third-order valence-electron chi connectivity index (χ3n) is 6.17. The van der Waals surface area contributed by atoms with Gasteiger partial charge in [0.2, 0.25) is 0 Å². The number of benzene rings is 2. The van der Waals surface area contributed by atoms with E-state index >= 15 is 0 Å². The van der Waals surface area contributed by atoms with Crippen molar-refractivity contribution in [1.82, 2.24) is 9.80 Å². The first-order valence-electron chi connectivity index (χ1n) is 10.7. The molecule has 2 aromatic rings. The fourth-order valence-electron chi connectivity index (χ4n) is 4.71. The quantitative estimate of drug-likeness (QED) is 0.761. The van der Waals surface area contributed by atoms with Crippen molar-refractivity contribution in [3.05, 3.63) is 60.2 Å². The van der Waals surface area contributed by atoms with Crippen LogP contribution < -0.4 is 9.64 Å². The van der Waals surface area contributed by atoms with Gasteiger partial charge in [0.1, 0.15) is 5.75 Å². The number of hydrogen-bond donors (Lipinski definition) is 0. The molecule has 0 spiro atoms. The molecule has 0 amide bonds. The summed E-state index contributed by atoms with van der Waals surface area (Å²) in [4.78, 5) is 7.79. The molecule has 2 aliphatic heterocycles. The summed E-state index contributed by atoms with van der Waals surface area (Å²) in [5.74, 6) is 1.79. The molecule has 2 aromatic carbocycles. The summed E-state index contributed by atoms with van der Waals surface area (Å²) in [6, 6.07) is 19.3. The molecule has 150 valence electrons. The lowest BCUT2D eigenvalue weighted by Crippen LogP contribution is -2.49. The molecule has 1 atom stereocenters. The van der Waals surface area contributed by atoms with Crippen LogP contribution in [0.4, 0.5) is 5.69 Å². The van der Waals surface area contributed by atoms with Crippen molar-refractivity contribution < 1.29 is 4.74 Å². The largest absolute Gasteiger partial charge is 0.495 e. The first-order valence-corrected chi connectivity index (χ1v) is 10.7. The van der Waals surface area contributed by atoms with Gasteiger partial charge >= 0.3 is 0 Å². The number of anilines is 1. The molecule has 0 aromatic heterocycles. The van der Waals surface area contributed by atoms with Crippen molar-refractivity contribution in [2.75, 3.05) is 57.8 Å². The molecule has 4 heteroatoms. The average molecular weight is 380 g/mol. The van der Waals surface area contributed by atoms with Crippen LogP contribution in [-0.4, -0.2) is 62.7 Å². The van der Waals surface area contributed by atoms with E-state index in [1.165, 1.54) is 43.7 Å². The number of piperazine rings is 1. The highest BCUT2D eigenvalue weighted by Crippen LogP contribution is 2.28. The van der Waals surface area contributed by atoms with Gasteiger partial charge in [-0.1, -0.05) is 42.5 Å². The molecule has 0 saturated carbocycles. The van der Waals surface area contributed by atoms with E-state index in [-0.39, 0.29) is 0 Å². The van der Waals surface area contributed by atoms with Gasteiger partial charge in [0.15, 0.2) is 0 Å². The van der Waals surface area contributed by atoms with Crippen LogP contribution in [0.2, 0.25) is 0 Å². The van der Waals surface area contributed by atoms with Crippen LogP contribution in [0.3, 0.4) is 0 Å². The maximum absolute atomic E-state index is 5.55. The highest BCUT2D eigenvalue weighted by atomic mass is 16.5. The number of methoxy groups -OCH3 is 1. The first kappa shape index (κ1) is 19.3. The Kier molecular flexibility index (Phi) is 6.50.